The number of carbonyl (C=O) groups excluding carboxylic acids is 1. The first kappa shape index (κ1) is 15.6. The van der Waals surface area contributed by atoms with E-state index in [0.717, 1.165) is 17.7 Å². The molecule has 0 aliphatic carbocycles. The Kier molecular flexibility index (Phi) is 5.03. The van der Waals surface area contributed by atoms with Crippen LogP contribution in [0.15, 0.2) is 46.9 Å². The van der Waals surface area contributed by atoms with E-state index >= 15 is 0 Å². The van der Waals surface area contributed by atoms with Crippen molar-refractivity contribution in [3.8, 4) is 0 Å². The minimum Gasteiger partial charge on any atom is -0.324 e. The minimum atomic E-state index is -0.718. The largest absolute Gasteiger partial charge is 0.324 e. The lowest BCUT2D eigenvalue weighted by Gasteiger charge is -2.12. The van der Waals surface area contributed by atoms with Crippen molar-refractivity contribution in [1.29, 1.82) is 0 Å². The van der Waals surface area contributed by atoms with Crippen LogP contribution in [0.1, 0.15) is 18.0 Å². The molecule has 21 heavy (non-hydrogen) atoms. The molecular formula is C15H13BrF2N2O. The first-order valence-corrected chi connectivity index (χ1v) is 7.01. The van der Waals surface area contributed by atoms with E-state index in [2.05, 4.69) is 21.2 Å². The fraction of sp³-hybridized carbons (Fsp3) is 0.133. The molecule has 6 heteroatoms. The summed E-state index contributed by atoms with van der Waals surface area (Å²) in [4.78, 5) is 11.9. The zero-order valence-corrected chi connectivity index (χ0v) is 12.5. The number of amides is 1. The van der Waals surface area contributed by atoms with Gasteiger partial charge in [-0.2, -0.15) is 0 Å². The third-order valence-corrected chi connectivity index (χ3v) is 3.52. The number of benzene rings is 2. The van der Waals surface area contributed by atoms with Crippen LogP contribution in [0.4, 0.5) is 14.5 Å². The standard InChI is InChI=1S/C15H13BrF2N2O/c16-10-6-12(18)14(7-11(10)17)20-15(21)8-13(19)9-4-2-1-3-5-9/h1-7,13H,8,19H2,(H,20,21). The molecule has 0 heterocycles. The molecule has 0 radical (unpaired) electrons. The second-order valence-electron chi connectivity index (χ2n) is 4.52. The predicted octanol–water partition coefficient (Wildman–Crippen LogP) is 3.76. The molecule has 3 nitrogen and oxygen atoms in total. The summed E-state index contributed by atoms with van der Waals surface area (Å²) in [7, 11) is 0. The first-order valence-electron chi connectivity index (χ1n) is 6.22. The van der Waals surface area contributed by atoms with E-state index in [1.54, 1.807) is 12.1 Å². The normalized spacial score (nSPS) is 12.0. The average molecular weight is 355 g/mol. The van der Waals surface area contributed by atoms with Crippen molar-refractivity contribution in [2.45, 2.75) is 12.5 Å². The van der Waals surface area contributed by atoms with Crippen LogP contribution >= 0.6 is 15.9 Å². The van der Waals surface area contributed by atoms with Gasteiger partial charge < -0.3 is 11.1 Å². The summed E-state index contributed by atoms with van der Waals surface area (Å²) in [6, 6.07) is 10.5. The monoisotopic (exact) mass is 354 g/mol. The molecule has 0 fully saturated rings. The van der Waals surface area contributed by atoms with Gasteiger partial charge in [0, 0.05) is 18.5 Å². The number of rotatable bonds is 4. The van der Waals surface area contributed by atoms with E-state index in [-0.39, 0.29) is 16.6 Å². The van der Waals surface area contributed by atoms with Gasteiger partial charge in [0.25, 0.3) is 0 Å². The van der Waals surface area contributed by atoms with Gasteiger partial charge in [-0.15, -0.1) is 0 Å². The Labute approximate surface area is 129 Å². The van der Waals surface area contributed by atoms with Crippen molar-refractivity contribution in [1.82, 2.24) is 0 Å². The molecule has 110 valence electrons. The Hall–Kier alpha value is -1.79. The summed E-state index contributed by atoms with van der Waals surface area (Å²) < 4.78 is 27.0. The van der Waals surface area contributed by atoms with Gasteiger partial charge >= 0.3 is 0 Å². The van der Waals surface area contributed by atoms with Crippen LogP contribution in [0.25, 0.3) is 0 Å². The third-order valence-electron chi connectivity index (χ3n) is 2.92. The van der Waals surface area contributed by atoms with Crippen LogP contribution in [0, 0.1) is 11.6 Å². The van der Waals surface area contributed by atoms with E-state index in [1.165, 1.54) is 0 Å². The lowest BCUT2D eigenvalue weighted by atomic mass is 10.0. The molecule has 0 saturated heterocycles. The number of nitrogens with one attached hydrogen (secondary N) is 1. The van der Waals surface area contributed by atoms with Crippen molar-refractivity contribution < 1.29 is 13.6 Å². The van der Waals surface area contributed by atoms with Crippen molar-refractivity contribution in [2.75, 3.05) is 5.32 Å². The van der Waals surface area contributed by atoms with Gasteiger partial charge in [-0.25, -0.2) is 8.78 Å². The lowest BCUT2D eigenvalue weighted by Crippen LogP contribution is -2.21. The summed E-state index contributed by atoms with van der Waals surface area (Å²) in [6.07, 6.45) is -0.0267. The second kappa shape index (κ2) is 6.78. The zero-order chi connectivity index (χ0) is 15.4. The average Bonchev–Trinajstić information content (AvgIpc) is 2.45. The molecule has 1 unspecified atom stereocenters. The quantitative estimate of drug-likeness (QED) is 0.821. The minimum absolute atomic E-state index is 0.000939. The molecule has 3 N–H and O–H groups in total. The molecule has 2 rings (SSSR count). The fourth-order valence-electron chi connectivity index (χ4n) is 1.84. The Morgan fingerprint density at radius 1 is 1.19 bits per heavy atom. The number of hydrogen-bond donors (Lipinski definition) is 2. The highest BCUT2D eigenvalue weighted by atomic mass is 79.9. The fourth-order valence-corrected chi connectivity index (χ4v) is 2.15. The first-order chi connectivity index (χ1) is 9.97. The summed E-state index contributed by atoms with van der Waals surface area (Å²) in [6.45, 7) is 0. The number of carbonyl (C=O) groups is 1. The molecule has 0 saturated carbocycles. The van der Waals surface area contributed by atoms with Crippen LogP contribution in [-0.2, 0) is 4.79 Å². The van der Waals surface area contributed by atoms with Crippen molar-refractivity contribution in [2.24, 2.45) is 5.73 Å². The van der Waals surface area contributed by atoms with Gasteiger partial charge in [0.2, 0.25) is 5.91 Å². The van der Waals surface area contributed by atoms with E-state index in [9.17, 15) is 13.6 Å². The second-order valence-corrected chi connectivity index (χ2v) is 5.37. The Morgan fingerprint density at radius 2 is 1.86 bits per heavy atom. The zero-order valence-electron chi connectivity index (χ0n) is 10.9. The maximum Gasteiger partial charge on any atom is 0.226 e. The van der Waals surface area contributed by atoms with Crippen molar-refractivity contribution >= 4 is 27.5 Å². The topological polar surface area (TPSA) is 55.1 Å². The molecule has 0 aliphatic rings. The Morgan fingerprint density at radius 3 is 2.52 bits per heavy atom. The number of anilines is 1. The highest BCUT2D eigenvalue weighted by Crippen LogP contribution is 2.24. The summed E-state index contributed by atoms with van der Waals surface area (Å²) in [5.74, 6) is -1.85. The van der Waals surface area contributed by atoms with Crippen LogP contribution in [0.5, 0.6) is 0 Å². The number of nitrogens with two attached hydrogens (primary N) is 1. The van der Waals surface area contributed by atoms with Crippen molar-refractivity contribution in [3.05, 3.63) is 64.1 Å². The predicted molar refractivity (Wildman–Crippen MR) is 80.7 cm³/mol. The van der Waals surface area contributed by atoms with Crippen LogP contribution < -0.4 is 11.1 Å². The molecule has 0 bridgehead atoms. The van der Waals surface area contributed by atoms with Crippen LogP contribution in [-0.4, -0.2) is 5.91 Å². The number of halogens is 3. The maximum atomic E-state index is 13.6. The SMILES string of the molecule is NC(CC(=O)Nc1cc(F)c(Br)cc1F)c1ccccc1. The highest BCUT2D eigenvalue weighted by molar-refractivity contribution is 9.10. The molecule has 0 aromatic heterocycles. The van der Waals surface area contributed by atoms with Crippen molar-refractivity contribution in [3.63, 3.8) is 0 Å². The van der Waals surface area contributed by atoms with Gasteiger partial charge in [0.1, 0.15) is 11.6 Å². The molecule has 1 atom stereocenters. The smallest absolute Gasteiger partial charge is 0.226 e. The van der Waals surface area contributed by atoms with Gasteiger partial charge in [0.05, 0.1) is 10.2 Å². The third kappa shape index (κ3) is 4.09. The van der Waals surface area contributed by atoms with Crippen LogP contribution in [0.3, 0.4) is 0 Å². The molecule has 2 aromatic carbocycles. The Balaban J connectivity index is 2.04. The maximum absolute atomic E-state index is 13.6. The van der Waals surface area contributed by atoms with Gasteiger partial charge in [-0.1, -0.05) is 30.3 Å². The molecule has 2 aromatic rings. The van der Waals surface area contributed by atoms with Gasteiger partial charge in [-0.05, 0) is 27.6 Å². The van der Waals surface area contributed by atoms with Gasteiger partial charge in [0.15, 0.2) is 0 Å². The summed E-state index contributed by atoms with van der Waals surface area (Å²) >= 11 is 2.87. The molecule has 1 amide bonds. The highest BCUT2D eigenvalue weighted by Gasteiger charge is 2.14. The molecular weight excluding hydrogens is 342 g/mol. The summed E-state index contributed by atoms with van der Waals surface area (Å²) in [5.41, 5.74) is 6.50. The van der Waals surface area contributed by atoms with E-state index in [0.29, 0.717) is 0 Å². The number of hydrogen-bond acceptors (Lipinski definition) is 2. The summed E-state index contributed by atoms with van der Waals surface area (Å²) in [5, 5.41) is 2.32. The van der Waals surface area contributed by atoms with E-state index < -0.39 is 23.6 Å². The molecule has 0 spiro atoms. The molecule has 0 aliphatic heterocycles. The lowest BCUT2D eigenvalue weighted by molar-refractivity contribution is -0.116. The van der Waals surface area contributed by atoms with E-state index in [4.69, 9.17) is 5.73 Å². The van der Waals surface area contributed by atoms with Gasteiger partial charge in [-0.3, -0.25) is 4.79 Å². The van der Waals surface area contributed by atoms with E-state index in [1.807, 2.05) is 18.2 Å². The Bertz CT molecular complexity index is 650. The van der Waals surface area contributed by atoms with Crippen LogP contribution in [0.2, 0.25) is 0 Å².